The maximum Gasteiger partial charge on any atom is 0.419 e. The molecule has 0 bridgehead atoms. The summed E-state index contributed by atoms with van der Waals surface area (Å²) in [6.07, 6.45) is -10.2. The van der Waals surface area contributed by atoms with Crippen LogP contribution in [0, 0.1) is 0 Å². The van der Waals surface area contributed by atoms with E-state index in [0.29, 0.717) is 19.1 Å². The van der Waals surface area contributed by atoms with Crippen LogP contribution in [0.4, 0.5) is 32.0 Å². The average Bonchev–Trinajstić information content (AvgIpc) is 2.12. The molecule has 18 heavy (non-hydrogen) atoms. The molecule has 0 aliphatic carbocycles. The van der Waals surface area contributed by atoms with Crippen molar-refractivity contribution in [1.82, 2.24) is 0 Å². The third-order valence-electron chi connectivity index (χ3n) is 2.18. The van der Waals surface area contributed by atoms with Gasteiger partial charge in [-0.1, -0.05) is 0 Å². The summed E-state index contributed by atoms with van der Waals surface area (Å²) >= 11 is 0. The quantitative estimate of drug-likeness (QED) is 0.482. The number of nitrogens with two attached hydrogens (primary N) is 1. The minimum Gasteiger partial charge on any atom is -0.398 e. The molecule has 0 atom stereocenters. The Morgan fingerprint density at radius 3 is 1.89 bits per heavy atom. The first kappa shape index (κ1) is 14.3. The van der Waals surface area contributed by atoms with Crippen LogP contribution in [0.25, 0.3) is 0 Å². The van der Waals surface area contributed by atoms with Crippen LogP contribution >= 0.6 is 0 Å². The fraction of sp³-hybridized carbons (Fsp3) is 0.300. The monoisotopic (exact) mass is 271 g/mol. The minimum atomic E-state index is -5.13. The lowest BCUT2D eigenvalue weighted by Crippen LogP contribution is -2.20. The van der Waals surface area contributed by atoms with E-state index in [2.05, 4.69) is 0 Å². The number of halogens is 6. The van der Waals surface area contributed by atoms with E-state index in [9.17, 15) is 31.1 Å². The van der Waals surface area contributed by atoms with E-state index >= 15 is 0 Å². The van der Waals surface area contributed by atoms with Gasteiger partial charge in [0.05, 0.1) is 11.1 Å². The summed E-state index contributed by atoms with van der Waals surface area (Å²) in [5, 5.41) is 0. The predicted octanol–water partition coefficient (Wildman–Crippen LogP) is 3.51. The molecule has 1 aromatic rings. The van der Waals surface area contributed by atoms with E-state index in [1.165, 1.54) is 0 Å². The number of benzene rings is 1. The van der Waals surface area contributed by atoms with Gasteiger partial charge in [0.25, 0.3) is 0 Å². The molecule has 0 aromatic heterocycles. The number of nitrogen functional groups attached to an aromatic ring is 1. The standard InChI is InChI=1S/C10H7F6NO/c1-4(18)7-5(9(11,12)13)2-3-6(17)8(7)10(14,15)16/h2-3H,17H2,1H3. The molecule has 0 aliphatic rings. The first-order valence-corrected chi connectivity index (χ1v) is 4.54. The molecule has 0 saturated heterocycles. The van der Waals surface area contributed by atoms with Crippen molar-refractivity contribution in [3.05, 3.63) is 28.8 Å². The van der Waals surface area contributed by atoms with Crippen molar-refractivity contribution in [3.63, 3.8) is 0 Å². The number of anilines is 1. The van der Waals surface area contributed by atoms with Crippen molar-refractivity contribution >= 4 is 11.5 Å². The Hall–Kier alpha value is -1.73. The Morgan fingerprint density at radius 2 is 1.56 bits per heavy atom. The molecule has 0 aliphatic heterocycles. The summed E-state index contributed by atoms with van der Waals surface area (Å²) in [7, 11) is 0. The van der Waals surface area contributed by atoms with Crippen LogP contribution in [0.15, 0.2) is 12.1 Å². The second kappa shape index (κ2) is 4.18. The highest BCUT2D eigenvalue weighted by Gasteiger charge is 2.43. The molecular weight excluding hydrogens is 264 g/mol. The zero-order chi connectivity index (χ0) is 14.3. The van der Waals surface area contributed by atoms with Crippen LogP contribution in [0.3, 0.4) is 0 Å². The Labute approximate surface area is 97.4 Å². The molecule has 0 spiro atoms. The Kier molecular flexibility index (Phi) is 3.33. The zero-order valence-corrected chi connectivity index (χ0v) is 8.91. The van der Waals surface area contributed by atoms with Crippen LogP contribution in [-0.4, -0.2) is 5.78 Å². The molecule has 8 heteroatoms. The number of Topliss-reactive ketones (excluding diaryl/α,β-unsaturated/α-hetero) is 1. The summed E-state index contributed by atoms with van der Waals surface area (Å²) in [6.45, 7) is 0.624. The van der Waals surface area contributed by atoms with Gasteiger partial charge in [0.1, 0.15) is 0 Å². The van der Waals surface area contributed by atoms with Crippen molar-refractivity contribution in [2.75, 3.05) is 5.73 Å². The summed E-state index contributed by atoms with van der Waals surface area (Å²) in [6, 6.07) is 0.847. The molecule has 0 heterocycles. The van der Waals surface area contributed by atoms with Crippen molar-refractivity contribution in [2.24, 2.45) is 0 Å². The van der Waals surface area contributed by atoms with Crippen molar-refractivity contribution in [1.29, 1.82) is 0 Å². The zero-order valence-electron chi connectivity index (χ0n) is 8.91. The molecule has 0 saturated carbocycles. The lowest BCUT2D eigenvalue weighted by molar-refractivity contribution is -0.143. The second-order valence-corrected chi connectivity index (χ2v) is 3.50. The lowest BCUT2D eigenvalue weighted by atomic mass is 9.95. The van der Waals surface area contributed by atoms with Crippen LogP contribution in [-0.2, 0) is 12.4 Å². The largest absolute Gasteiger partial charge is 0.419 e. The third-order valence-corrected chi connectivity index (χ3v) is 2.18. The van der Waals surface area contributed by atoms with E-state index in [0.717, 1.165) is 0 Å². The molecule has 0 radical (unpaired) electrons. The number of rotatable bonds is 1. The SMILES string of the molecule is CC(=O)c1c(C(F)(F)F)ccc(N)c1C(F)(F)F. The van der Waals surface area contributed by atoms with Gasteiger partial charge in [-0.3, -0.25) is 4.79 Å². The molecular formula is C10H7F6NO. The van der Waals surface area contributed by atoms with Crippen LogP contribution in [0.1, 0.15) is 28.4 Å². The van der Waals surface area contributed by atoms with Gasteiger partial charge in [0.2, 0.25) is 0 Å². The van der Waals surface area contributed by atoms with Crippen LogP contribution in [0.5, 0.6) is 0 Å². The van der Waals surface area contributed by atoms with Crippen LogP contribution in [0.2, 0.25) is 0 Å². The highest BCUT2D eigenvalue weighted by atomic mass is 19.4. The van der Waals surface area contributed by atoms with Gasteiger partial charge in [-0.2, -0.15) is 26.3 Å². The highest BCUT2D eigenvalue weighted by Crippen LogP contribution is 2.42. The highest BCUT2D eigenvalue weighted by molar-refractivity contribution is 5.99. The minimum absolute atomic E-state index is 0.362. The fourth-order valence-corrected chi connectivity index (χ4v) is 1.53. The molecule has 2 nitrogen and oxygen atoms in total. The predicted molar refractivity (Wildman–Crippen MR) is 50.9 cm³/mol. The maximum absolute atomic E-state index is 12.6. The molecule has 2 N–H and O–H groups in total. The molecule has 1 aromatic carbocycles. The molecule has 0 amide bonds. The smallest absolute Gasteiger partial charge is 0.398 e. The average molecular weight is 271 g/mol. The summed E-state index contributed by atoms with van der Waals surface area (Å²) in [4.78, 5) is 11.1. The van der Waals surface area contributed by atoms with Gasteiger partial charge in [-0.05, 0) is 19.1 Å². The molecule has 0 fully saturated rings. The Bertz CT molecular complexity index is 488. The summed E-state index contributed by atoms with van der Waals surface area (Å²) < 4.78 is 75.6. The summed E-state index contributed by atoms with van der Waals surface area (Å²) in [5.41, 5.74) is -0.735. The number of hydrogen-bond donors (Lipinski definition) is 1. The van der Waals surface area contributed by atoms with Gasteiger partial charge >= 0.3 is 12.4 Å². The van der Waals surface area contributed by atoms with E-state index < -0.39 is 40.5 Å². The van der Waals surface area contributed by atoms with E-state index in [1.807, 2.05) is 0 Å². The van der Waals surface area contributed by atoms with E-state index in [-0.39, 0.29) is 0 Å². The molecule has 1 rings (SSSR count). The normalized spacial score (nSPS) is 12.6. The number of hydrogen-bond acceptors (Lipinski definition) is 2. The lowest BCUT2D eigenvalue weighted by Gasteiger charge is -2.18. The van der Waals surface area contributed by atoms with Crippen molar-refractivity contribution < 1.29 is 31.1 Å². The van der Waals surface area contributed by atoms with Gasteiger partial charge in [0, 0.05) is 11.3 Å². The maximum atomic E-state index is 12.6. The fourth-order valence-electron chi connectivity index (χ4n) is 1.53. The number of alkyl halides is 6. The van der Waals surface area contributed by atoms with Gasteiger partial charge in [0.15, 0.2) is 5.78 Å². The number of carbonyl (C=O) groups is 1. The molecule has 0 unspecified atom stereocenters. The third kappa shape index (κ3) is 2.57. The Morgan fingerprint density at radius 1 is 1.06 bits per heavy atom. The van der Waals surface area contributed by atoms with Crippen molar-refractivity contribution in [3.8, 4) is 0 Å². The second-order valence-electron chi connectivity index (χ2n) is 3.50. The first-order chi connectivity index (χ1) is 7.96. The van der Waals surface area contributed by atoms with Gasteiger partial charge in [-0.25, -0.2) is 0 Å². The van der Waals surface area contributed by atoms with Gasteiger partial charge < -0.3 is 5.73 Å². The van der Waals surface area contributed by atoms with E-state index in [4.69, 9.17) is 5.73 Å². The topological polar surface area (TPSA) is 43.1 Å². The van der Waals surface area contributed by atoms with Crippen LogP contribution < -0.4 is 5.73 Å². The van der Waals surface area contributed by atoms with Crippen molar-refractivity contribution in [2.45, 2.75) is 19.3 Å². The van der Waals surface area contributed by atoms with E-state index in [1.54, 1.807) is 0 Å². The van der Waals surface area contributed by atoms with Gasteiger partial charge in [-0.15, -0.1) is 0 Å². The summed E-state index contributed by atoms with van der Waals surface area (Å²) in [5.74, 6) is -1.35. The molecule has 100 valence electrons. The number of carbonyl (C=O) groups excluding carboxylic acids is 1. The first-order valence-electron chi connectivity index (χ1n) is 4.54. The Balaban J connectivity index is 3.76. The number of ketones is 1.